The van der Waals surface area contributed by atoms with E-state index in [1.807, 2.05) is 38.1 Å². The third-order valence-electron chi connectivity index (χ3n) is 4.21. The standard InChI is InChI=1S/C20H25N3O4/c1-20(2,13-24)23-18-8-7-14(11-22-18)19(25)21-10-9-15-12-26-16-5-3-4-6-17(16)27-15/h3-8,11,15,24H,9-10,12-13H2,1-2H3,(H,21,25)(H,22,23). The zero-order valence-electron chi connectivity index (χ0n) is 15.6. The molecule has 1 aromatic heterocycles. The SMILES string of the molecule is CC(C)(CO)Nc1ccc(C(=O)NCCC2COc3ccccc3O2)cn1. The van der Waals surface area contributed by atoms with Crippen molar-refractivity contribution in [2.45, 2.75) is 31.9 Å². The van der Waals surface area contributed by atoms with Crippen molar-refractivity contribution in [3.05, 3.63) is 48.2 Å². The molecule has 144 valence electrons. The van der Waals surface area contributed by atoms with Crippen LogP contribution in [-0.2, 0) is 0 Å². The molecular weight excluding hydrogens is 346 g/mol. The maximum atomic E-state index is 12.3. The number of fused-ring (bicyclic) bond motifs is 1. The highest BCUT2D eigenvalue weighted by Crippen LogP contribution is 2.31. The lowest BCUT2D eigenvalue weighted by Crippen LogP contribution is -2.35. The third kappa shape index (κ3) is 5.10. The molecule has 0 saturated carbocycles. The van der Waals surface area contributed by atoms with Crippen LogP contribution in [0.3, 0.4) is 0 Å². The van der Waals surface area contributed by atoms with Gasteiger partial charge in [-0.1, -0.05) is 12.1 Å². The Morgan fingerprint density at radius 2 is 2.04 bits per heavy atom. The number of benzene rings is 1. The maximum absolute atomic E-state index is 12.3. The predicted octanol–water partition coefficient (Wildman–Crippen LogP) is 2.22. The van der Waals surface area contributed by atoms with Gasteiger partial charge in [0.1, 0.15) is 18.5 Å². The number of hydrogen-bond acceptors (Lipinski definition) is 6. The summed E-state index contributed by atoms with van der Waals surface area (Å²) in [6.45, 7) is 4.66. The predicted molar refractivity (Wildman–Crippen MR) is 102 cm³/mol. The quantitative estimate of drug-likeness (QED) is 0.691. The number of aliphatic hydroxyl groups excluding tert-OH is 1. The average molecular weight is 371 g/mol. The molecule has 1 aliphatic heterocycles. The molecular formula is C20H25N3O4. The minimum Gasteiger partial charge on any atom is -0.486 e. The van der Waals surface area contributed by atoms with Gasteiger partial charge in [0.2, 0.25) is 0 Å². The van der Waals surface area contributed by atoms with Crippen molar-refractivity contribution in [1.82, 2.24) is 10.3 Å². The van der Waals surface area contributed by atoms with Gasteiger partial charge in [0.15, 0.2) is 11.5 Å². The summed E-state index contributed by atoms with van der Waals surface area (Å²) >= 11 is 0. The molecule has 1 aliphatic rings. The fourth-order valence-corrected chi connectivity index (χ4v) is 2.64. The summed E-state index contributed by atoms with van der Waals surface area (Å²) in [5.74, 6) is 1.91. The van der Waals surface area contributed by atoms with Gasteiger partial charge < -0.3 is 25.2 Å². The number of carbonyl (C=O) groups is 1. The second-order valence-electron chi connectivity index (χ2n) is 7.14. The number of amides is 1. The summed E-state index contributed by atoms with van der Waals surface area (Å²) < 4.78 is 11.5. The van der Waals surface area contributed by atoms with Gasteiger partial charge >= 0.3 is 0 Å². The van der Waals surface area contributed by atoms with Crippen molar-refractivity contribution in [3.8, 4) is 11.5 Å². The third-order valence-corrected chi connectivity index (χ3v) is 4.21. The van der Waals surface area contributed by atoms with E-state index in [1.165, 1.54) is 6.20 Å². The number of pyridine rings is 1. The molecule has 0 bridgehead atoms. The Bertz CT molecular complexity index is 777. The summed E-state index contributed by atoms with van der Waals surface area (Å²) in [6, 6.07) is 11.0. The molecule has 1 atom stereocenters. The fourth-order valence-electron chi connectivity index (χ4n) is 2.64. The Morgan fingerprint density at radius 1 is 1.26 bits per heavy atom. The highest BCUT2D eigenvalue weighted by atomic mass is 16.6. The van der Waals surface area contributed by atoms with Crippen molar-refractivity contribution in [3.63, 3.8) is 0 Å². The van der Waals surface area contributed by atoms with E-state index in [0.29, 0.717) is 31.0 Å². The number of nitrogens with one attached hydrogen (secondary N) is 2. The molecule has 3 rings (SSSR count). The van der Waals surface area contributed by atoms with Crippen LogP contribution in [-0.4, -0.2) is 47.4 Å². The van der Waals surface area contributed by atoms with E-state index in [0.717, 1.165) is 11.5 Å². The second-order valence-corrected chi connectivity index (χ2v) is 7.14. The largest absolute Gasteiger partial charge is 0.486 e. The molecule has 2 heterocycles. The molecule has 0 radical (unpaired) electrons. The van der Waals surface area contributed by atoms with Crippen molar-refractivity contribution >= 4 is 11.7 Å². The van der Waals surface area contributed by atoms with E-state index >= 15 is 0 Å². The molecule has 0 spiro atoms. The number of para-hydroxylation sites is 2. The van der Waals surface area contributed by atoms with Crippen molar-refractivity contribution < 1.29 is 19.4 Å². The summed E-state index contributed by atoms with van der Waals surface area (Å²) in [6.07, 6.45) is 2.07. The molecule has 0 aliphatic carbocycles. The van der Waals surface area contributed by atoms with Gasteiger partial charge in [-0.25, -0.2) is 4.98 Å². The molecule has 1 amide bonds. The molecule has 1 unspecified atom stereocenters. The normalized spacial score (nSPS) is 15.9. The Hall–Kier alpha value is -2.80. The van der Waals surface area contributed by atoms with Crippen LogP contribution < -0.4 is 20.1 Å². The zero-order chi connectivity index (χ0) is 19.3. The van der Waals surface area contributed by atoms with E-state index in [4.69, 9.17) is 9.47 Å². The highest BCUT2D eigenvalue weighted by Gasteiger charge is 2.20. The Balaban J connectivity index is 1.46. The first-order valence-corrected chi connectivity index (χ1v) is 8.99. The van der Waals surface area contributed by atoms with Gasteiger partial charge in [-0.15, -0.1) is 0 Å². The second kappa shape index (κ2) is 8.26. The molecule has 2 aromatic rings. The Kier molecular flexibility index (Phi) is 5.81. The fraction of sp³-hybridized carbons (Fsp3) is 0.400. The smallest absolute Gasteiger partial charge is 0.252 e. The first-order valence-electron chi connectivity index (χ1n) is 8.99. The van der Waals surface area contributed by atoms with Gasteiger partial charge in [0, 0.05) is 19.2 Å². The van der Waals surface area contributed by atoms with Crippen molar-refractivity contribution in [2.24, 2.45) is 0 Å². The monoisotopic (exact) mass is 371 g/mol. The number of rotatable bonds is 7. The average Bonchev–Trinajstić information content (AvgIpc) is 2.68. The molecule has 27 heavy (non-hydrogen) atoms. The van der Waals surface area contributed by atoms with E-state index in [2.05, 4.69) is 15.6 Å². The lowest BCUT2D eigenvalue weighted by molar-refractivity contribution is 0.0812. The Morgan fingerprint density at radius 3 is 2.74 bits per heavy atom. The number of anilines is 1. The van der Waals surface area contributed by atoms with Crippen LogP contribution in [0, 0.1) is 0 Å². The number of aliphatic hydroxyl groups is 1. The topological polar surface area (TPSA) is 92.7 Å². The summed E-state index contributed by atoms with van der Waals surface area (Å²) in [5.41, 5.74) is 0.00536. The highest BCUT2D eigenvalue weighted by molar-refractivity contribution is 5.94. The van der Waals surface area contributed by atoms with Gasteiger partial charge in [0.25, 0.3) is 5.91 Å². The van der Waals surface area contributed by atoms with Crippen molar-refractivity contribution in [1.29, 1.82) is 0 Å². The zero-order valence-corrected chi connectivity index (χ0v) is 15.6. The van der Waals surface area contributed by atoms with Crippen LogP contribution >= 0.6 is 0 Å². The number of ether oxygens (including phenoxy) is 2. The molecule has 0 saturated heterocycles. The van der Waals surface area contributed by atoms with Crippen LogP contribution in [0.4, 0.5) is 5.82 Å². The first kappa shape index (κ1) is 19.0. The first-order chi connectivity index (χ1) is 13.0. The summed E-state index contributed by atoms with van der Waals surface area (Å²) in [4.78, 5) is 16.5. The van der Waals surface area contributed by atoms with Crippen LogP contribution in [0.2, 0.25) is 0 Å². The lowest BCUT2D eigenvalue weighted by Gasteiger charge is -2.26. The number of carbonyl (C=O) groups excluding carboxylic acids is 1. The van der Waals surface area contributed by atoms with E-state index in [-0.39, 0.29) is 18.6 Å². The van der Waals surface area contributed by atoms with Crippen LogP contribution in [0.5, 0.6) is 11.5 Å². The van der Waals surface area contributed by atoms with Crippen molar-refractivity contribution in [2.75, 3.05) is 25.1 Å². The van der Waals surface area contributed by atoms with Gasteiger partial charge in [-0.05, 0) is 38.1 Å². The van der Waals surface area contributed by atoms with Gasteiger partial charge in [0.05, 0.1) is 17.7 Å². The Labute approximate surface area is 158 Å². The van der Waals surface area contributed by atoms with E-state index in [1.54, 1.807) is 12.1 Å². The van der Waals surface area contributed by atoms with Gasteiger partial charge in [-0.2, -0.15) is 0 Å². The van der Waals surface area contributed by atoms with Crippen LogP contribution in [0.15, 0.2) is 42.6 Å². The van der Waals surface area contributed by atoms with E-state index < -0.39 is 5.54 Å². The number of nitrogens with zero attached hydrogens (tertiary/aromatic N) is 1. The summed E-state index contributed by atoms with van der Waals surface area (Å²) in [5, 5.41) is 15.3. The van der Waals surface area contributed by atoms with E-state index in [9.17, 15) is 9.90 Å². The lowest BCUT2D eigenvalue weighted by atomic mass is 10.1. The molecule has 7 nitrogen and oxygen atoms in total. The molecule has 1 aromatic carbocycles. The maximum Gasteiger partial charge on any atom is 0.252 e. The van der Waals surface area contributed by atoms with Crippen LogP contribution in [0.25, 0.3) is 0 Å². The minimum absolute atomic E-state index is 0.0195. The minimum atomic E-state index is -0.475. The molecule has 7 heteroatoms. The molecule has 0 fully saturated rings. The number of aromatic nitrogens is 1. The number of hydrogen-bond donors (Lipinski definition) is 3. The van der Waals surface area contributed by atoms with Crippen LogP contribution in [0.1, 0.15) is 30.6 Å². The summed E-state index contributed by atoms with van der Waals surface area (Å²) in [7, 11) is 0. The van der Waals surface area contributed by atoms with Gasteiger partial charge in [-0.3, -0.25) is 4.79 Å². The molecule has 3 N–H and O–H groups in total.